The van der Waals surface area contributed by atoms with Crippen molar-refractivity contribution in [2.45, 2.75) is 6.42 Å². The second-order valence-corrected chi connectivity index (χ2v) is 3.93. The van der Waals surface area contributed by atoms with Crippen LogP contribution < -0.4 is 5.32 Å². The highest BCUT2D eigenvalue weighted by Crippen LogP contribution is 2.08. The van der Waals surface area contributed by atoms with Gasteiger partial charge in [-0.05, 0) is 0 Å². The number of aromatic nitrogens is 3. The Hall–Kier alpha value is -2.02. The Balaban J connectivity index is 1.97. The number of carboxylic acids is 1. The number of carboxylic acid groups (broad SMARTS) is 1. The molecule has 2 aromatic rings. The molecular weight excluding hydrogens is 240 g/mol. The number of nitrogens with zero attached hydrogens (tertiary/aromatic N) is 3. The number of hydrogen-bond acceptors (Lipinski definition) is 6. The van der Waals surface area contributed by atoms with Gasteiger partial charge in [0.1, 0.15) is 0 Å². The van der Waals surface area contributed by atoms with E-state index in [1.54, 1.807) is 5.51 Å². The third-order valence-corrected chi connectivity index (χ3v) is 2.69. The summed E-state index contributed by atoms with van der Waals surface area (Å²) in [6.45, 7) is 0.572. The topological polar surface area (TPSA) is 88.0 Å². The standard InChI is InChI=1S/C10H10N4O2S/c15-10(16)8-9(13-4-3-11-8)12-2-1-7-5-17-6-14-7/h3-6H,1-2H2,(H,12,13)(H,15,16). The first-order valence-corrected chi connectivity index (χ1v) is 5.87. The summed E-state index contributed by atoms with van der Waals surface area (Å²) in [5.74, 6) is -0.801. The minimum atomic E-state index is -1.09. The molecule has 0 bridgehead atoms. The van der Waals surface area contributed by atoms with Crippen molar-refractivity contribution in [1.29, 1.82) is 0 Å². The van der Waals surface area contributed by atoms with E-state index in [1.165, 1.54) is 23.7 Å². The van der Waals surface area contributed by atoms with E-state index < -0.39 is 5.97 Å². The summed E-state index contributed by atoms with van der Waals surface area (Å²) in [4.78, 5) is 22.7. The lowest BCUT2D eigenvalue weighted by Crippen LogP contribution is -2.12. The smallest absolute Gasteiger partial charge is 0.358 e. The lowest BCUT2D eigenvalue weighted by molar-refractivity contribution is 0.0691. The van der Waals surface area contributed by atoms with Crippen molar-refractivity contribution in [3.8, 4) is 0 Å². The van der Waals surface area contributed by atoms with E-state index in [0.717, 1.165) is 12.1 Å². The fraction of sp³-hybridized carbons (Fsp3) is 0.200. The number of hydrogen-bond donors (Lipinski definition) is 2. The maximum absolute atomic E-state index is 10.9. The van der Waals surface area contributed by atoms with Gasteiger partial charge in [0, 0.05) is 30.7 Å². The minimum absolute atomic E-state index is 0.0641. The molecule has 0 spiro atoms. The van der Waals surface area contributed by atoms with Crippen molar-refractivity contribution in [2.75, 3.05) is 11.9 Å². The lowest BCUT2D eigenvalue weighted by atomic mass is 10.3. The first kappa shape index (κ1) is 11.5. The van der Waals surface area contributed by atoms with Crippen molar-refractivity contribution < 1.29 is 9.90 Å². The Morgan fingerprint density at radius 3 is 2.88 bits per heavy atom. The Bertz CT molecular complexity index is 501. The van der Waals surface area contributed by atoms with Crippen LogP contribution in [-0.2, 0) is 6.42 Å². The van der Waals surface area contributed by atoms with Crippen molar-refractivity contribution in [3.63, 3.8) is 0 Å². The van der Waals surface area contributed by atoms with Gasteiger partial charge in [0.2, 0.25) is 0 Å². The average molecular weight is 250 g/mol. The van der Waals surface area contributed by atoms with E-state index in [4.69, 9.17) is 5.11 Å². The van der Waals surface area contributed by atoms with Gasteiger partial charge in [-0.1, -0.05) is 0 Å². The molecular formula is C10H10N4O2S. The van der Waals surface area contributed by atoms with Crippen molar-refractivity contribution in [2.24, 2.45) is 0 Å². The molecule has 2 N–H and O–H groups in total. The maximum atomic E-state index is 10.9. The third-order valence-electron chi connectivity index (χ3n) is 2.06. The first-order valence-electron chi connectivity index (χ1n) is 4.92. The summed E-state index contributed by atoms with van der Waals surface area (Å²) in [5.41, 5.74) is 2.68. The monoisotopic (exact) mass is 250 g/mol. The molecule has 0 radical (unpaired) electrons. The lowest BCUT2D eigenvalue weighted by Gasteiger charge is -2.05. The van der Waals surface area contributed by atoms with Crippen LogP contribution >= 0.6 is 11.3 Å². The molecule has 17 heavy (non-hydrogen) atoms. The maximum Gasteiger partial charge on any atom is 0.358 e. The van der Waals surface area contributed by atoms with Gasteiger partial charge in [-0.15, -0.1) is 11.3 Å². The predicted octanol–water partition coefficient (Wildman–Crippen LogP) is 1.29. The van der Waals surface area contributed by atoms with Crippen LogP contribution in [0.3, 0.4) is 0 Å². The van der Waals surface area contributed by atoms with Crippen LogP contribution in [0.25, 0.3) is 0 Å². The molecule has 2 heterocycles. The van der Waals surface area contributed by atoms with Gasteiger partial charge in [-0.3, -0.25) is 0 Å². The van der Waals surface area contributed by atoms with Crippen LogP contribution in [0.4, 0.5) is 5.82 Å². The molecule has 0 aliphatic rings. The van der Waals surface area contributed by atoms with Crippen LogP contribution in [0.1, 0.15) is 16.2 Å². The van der Waals surface area contributed by atoms with Gasteiger partial charge in [-0.25, -0.2) is 19.7 Å². The average Bonchev–Trinajstić information content (AvgIpc) is 2.82. The van der Waals surface area contributed by atoms with Crippen molar-refractivity contribution >= 4 is 23.1 Å². The Morgan fingerprint density at radius 2 is 2.18 bits per heavy atom. The molecule has 2 rings (SSSR count). The quantitative estimate of drug-likeness (QED) is 0.831. The number of nitrogens with one attached hydrogen (secondary N) is 1. The molecule has 6 nitrogen and oxygen atoms in total. The number of carbonyl (C=O) groups is 1. The van der Waals surface area contributed by atoms with Crippen LogP contribution in [0, 0.1) is 0 Å². The molecule has 88 valence electrons. The Kier molecular flexibility index (Phi) is 3.61. The highest BCUT2D eigenvalue weighted by Gasteiger charge is 2.11. The molecule has 0 saturated carbocycles. The van der Waals surface area contributed by atoms with E-state index in [0.29, 0.717) is 6.54 Å². The Morgan fingerprint density at radius 1 is 1.35 bits per heavy atom. The van der Waals surface area contributed by atoms with Gasteiger partial charge >= 0.3 is 5.97 Å². The fourth-order valence-electron chi connectivity index (χ4n) is 1.29. The van der Waals surface area contributed by atoms with E-state index >= 15 is 0 Å². The van der Waals surface area contributed by atoms with E-state index in [-0.39, 0.29) is 11.5 Å². The van der Waals surface area contributed by atoms with Crippen molar-refractivity contribution in [1.82, 2.24) is 15.0 Å². The fourth-order valence-corrected chi connectivity index (χ4v) is 1.89. The molecule has 0 aliphatic carbocycles. The molecule has 0 aliphatic heterocycles. The normalized spacial score (nSPS) is 10.1. The molecule has 0 unspecified atom stereocenters. The van der Waals surface area contributed by atoms with Crippen LogP contribution in [0.15, 0.2) is 23.3 Å². The van der Waals surface area contributed by atoms with Gasteiger partial charge in [0.15, 0.2) is 11.5 Å². The summed E-state index contributed by atoms with van der Waals surface area (Å²) in [6.07, 6.45) is 3.53. The minimum Gasteiger partial charge on any atom is -0.476 e. The van der Waals surface area contributed by atoms with Gasteiger partial charge < -0.3 is 10.4 Å². The zero-order valence-electron chi connectivity index (χ0n) is 8.83. The predicted molar refractivity (Wildman–Crippen MR) is 63.3 cm³/mol. The third kappa shape index (κ3) is 2.97. The van der Waals surface area contributed by atoms with Crippen LogP contribution in [0.5, 0.6) is 0 Å². The summed E-state index contributed by atoms with van der Waals surface area (Å²) >= 11 is 1.53. The zero-order chi connectivity index (χ0) is 12.1. The molecule has 0 fully saturated rings. The number of anilines is 1. The van der Waals surface area contributed by atoms with E-state index in [1.807, 2.05) is 5.38 Å². The molecule has 0 atom stereocenters. The summed E-state index contributed by atoms with van der Waals surface area (Å²) in [6, 6.07) is 0. The van der Waals surface area contributed by atoms with Crippen LogP contribution in [0.2, 0.25) is 0 Å². The molecule has 0 amide bonds. The molecule has 0 aromatic carbocycles. The van der Waals surface area contributed by atoms with Crippen LogP contribution in [-0.4, -0.2) is 32.6 Å². The summed E-state index contributed by atoms with van der Waals surface area (Å²) < 4.78 is 0. The number of rotatable bonds is 5. The number of thiazole rings is 1. The number of aromatic carboxylic acids is 1. The van der Waals surface area contributed by atoms with Gasteiger partial charge in [-0.2, -0.15) is 0 Å². The van der Waals surface area contributed by atoms with Gasteiger partial charge in [0.05, 0.1) is 11.2 Å². The molecule has 0 saturated heterocycles. The highest BCUT2D eigenvalue weighted by atomic mass is 32.1. The molecule has 2 aromatic heterocycles. The highest BCUT2D eigenvalue weighted by molar-refractivity contribution is 7.07. The SMILES string of the molecule is O=C(O)c1nccnc1NCCc1cscn1. The van der Waals surface area contributed by atoms with Crippen molar-refractivity contribution in [3.05, 3.63) is 34.7 Å². The zero-order valence-corrected chi connectivity index (χ0v) is 9.65. The van der Waals surface area contributed by atoms with Gasteiger partial charge in [0.25, 0.3) is 0 Å². The van der Waals surface area contributed by atoms with E-state index in [2.05, 4.69) is 20.3 Å². The van der Waals surface area contributed by atoms with E-state index in [9.17, 15) is 4.79 Å². The summed E-state index contributed by atoms with van der Waals surface area (Å²) in [5, 5.41) is 13.8. The first-order chi connectivity index (χ1) is 8.27. The summed E-state index contributed by atoms with van der Waals surface area (Å²) in [7, 11) is 0. The Labute approximate surface area is 101 Å². The second-order valence-electron chi connectivity index (χ2n) is 3.22. The largest absolute Gasteiger partial charge is 0.476 e. The molecule has 7 heteroatoms. The second kappa shape index (κ2) is 5.35.